The van der Waals surface area contributed by atoms with Crippen molar-refractivity contribution in [2.45, 2.75) is 51.4 Å². The fourth-order valence-electron chi connectivity index (χ4n) is 3.30. The van der Waals surface area contributed by atoms with Crippen LogP contribution in [0.15, 0.2) is 6.07 Å². The Morgan fingerprint density at radius 3 is 2.37 bits per heavy atom. The number of ether oxygens (including phenoxy) is 1. The predicted octanol–water partition coefficient (Wildman–Crippen LogP) is 3.18. The number of rotatable bonds is 3. The molecule has 3 nitrogen and oxygen atoms in total. The molecule has 0 bridgehead atoms. The molecule has 0 atom stereocenters. The van der Waals surface area contributed by atoms with Gasteiger partial charge in [-0.25, -0.2) is 0 Å². The maximum absolute atomic E-state index is 10.5. The van der Waals surface area contributed by atoms with E-state index >= 15 is 0 Å². The Bertz CT molecular complexity index is 462. The summed E-state index contributed by atoms with van der Waals surface area (Å²) in [4.78, 5) is 0. The molecular weight excluding hydrogens is 238 g/mol. The molecule has 1 saturated carbocycles. The number of phenols is 1. The van der Waals surface area contributed by atoms with Crippen molar-refractivity contribution in [3.05, 3.63) is 22.8 Å². The van der Waals surface area contributed by atoms with Gasteiger partial charge >= 0.3 is 0 Å². The lowest BCUT2D eigenvalue weighted by Crippen LogP contribution is -2.37. The van der Waals surface area contributed by atoms with E-state index in [0.717, 1.165) is 35.3 Å². The zero-order valence-electron chi connectivity index (χ0n) is 12.3. The van der Waals surface area contributed by atoms with Gasteiger partial charge in [-0.1, -0.05) is 19.3 Å². The molecule has 0 spiro atoms. The number of methoxy groups -OCH3 is 1. The normalized spacial score (nSPS) is 18.3. The van der Waals surface area contributed by atoms with Gasteiger partial charge in [0.2, 0.25) is 0 Å². The van der Waals surface area contributed by atoms with Crippen LogP contribution in [0.3, 0.4) is 0 Å². The summed E-state index contributed by atoms with van der Waals surface area (Å²) in [5.41, 5.74) is 8.89. The molecule has 106 valence electrons. The summed E-state index contributed by atoms with van der Waals surface area (Å²) >= 11 is 0. The van der Waals surface area contributed by atoms with Gasteiger partial charge in [0.05, 0.1) is 7.11 Å². The first kappa shape index (κ1) is 14.2. The second kappa shape index (κ2) is 5.41. The van der Waals surface area contributed by atoms with Crippen molar-refractivity contribution in [3.63, 3.8) is 0 Å². The molecule has 0 radical (unpaired) electrons. The molecule has 3 N–H and O–H groups in total. The summed E-state index contributed by atoms with van der Waals surface area (Å²) in [7, 11) is 1.68. The van der Waals surface area contributed by atoms with Crippen LogP contribution in [0.25, 0.3) is 0 Å². The molecule has 1 aliphatic rings. The number of benzene rings is 1. The van der Waals surface area contributed by atoms with Gasteiger partial charge in [-0.2, -0.15) is 0 Å². The van der Waals surface area contributed by atoms with Crippen molar-refractivity contribution in [2.24, 2.45) is 5.73 Å². The highest BCUT2D eigenvalue weighted by molar-refractivity contribution is 5.54. The van der Waals surface area contributed by atoms with E-state index in [1.165, 1.54) is 19.3 Å². The molecule has 1 aromatic rings. The summed E-state index contributed by atoms with van der Waals surface area (Å²) in [6, 6.07) is 2.00. The number of hydrogen-bond donors (Lipinski definition) is 2. The van der Waals surface area contributed by atoms with Crippen molar-refractivity contribution in [2.75, 3.05) is 13.7 Å². The van der Waals surface area contributed by atoms with Crippen molar-refractivity contribution < 1.29 is 9.84 Å². The summed E-state index contributed by atoms with van der Waals surface area (Å²) in [5.74, 6) is 1.26. The molecule has 0 aliphatic heterocycles. The molecule has 1 aliphatic carbocycles. The van der Waals surface area contributed by atoms with Crippen LogP contribution in [0.5, 0.6) is 11.5 Å². The molecule has 1 fully saturated rings. The van der Waals surface area contributed by atoms with Gasteiger partial charge in [0.15, 0.2) is 0 Å². The van der Waals surface area contributed by atoms with Crippen LogP contribution < -0.4 is 10.5 Å². The second-order valence-corrected chi connectivity index (χ2v) is 5.77. The van der Waals surface area contributed by atoms with Gasteiger partial charge in [0.1, 0.15) is 11.5 Å². The van der Waals surface area contributed by atoms with E-state index in [0.29, 0.717) is 12.3 Å². The SMILES string of the molecule is COc1cc(C2(CN)CCCCC2)c(O)c(C)c1C. The minimum absolute atomic E-state index is 0.0753. The molecule has 19 heavy (non-hydrogen) atoms. The lowest BCUT2D eigenvalue weighted by atomic mass is 9.68. The summed E-state index contributed by atoms with van der Waals surface area (Å²) < 4.78 is 5.45. The quantitative estimate of drug-likeness (QED) is 0.880. The predicted molar refractivity (Wildman–Crippen MR) is 78.0 cm³/mol. The van der Waals surface area contributed by atoms with E-state index in [9.17, 15) is 5.11 Å². The lowest BCUT2D eigenvalue weighted by molar-refractivity contribution is 0.288. The first-order chi connectivity index (χ1) is 9.05. The maximum Gasteiger partial charge on any atom is 0.122 e. The molecule has 1 aromatic carbocycles. The average molecular weight is 263 g/mol. The molecular formula is C16H25NO2. The smallest absolute Gasteiger partial charge is 0.122 e. The molecule has 2 rings (SSSR count). The van der Waals surface area contributed by atoms with Crippen LogP contribution >= 0.6 is 0 Å². The Balaban J connectivity index is 2.57. The monoisotopic (exact) mass is 263 g/mol. The third-order valence-electron chi connectivity index (χ3n) is 4.81. The van der Waals surface area contributed by atoms with Crippen LogP contribution in [0.4, 0.5) is 0 Å². The van der Waals surface area contributed by atoms with E-state index in [2.05, 4.69) is 0 Å². The van der Waals surface area contributed by atoms with E-state index in [-0.39, 0.29) is 5.41 Å². The highest BCUT2D eigenvalue weighted by Crippen LogP contribution is 2.45. The van der Waals surface area contributed by atoms with Gasteiger partial charge in [-0.05, 0) is 43.9 Å². The zero-order chi connectivity index (χ0) is 14.0. The summed E-state index contributed by atoms with van der Waals surface area (Å²) in [6.45, 7) is 4.52. The number of aromatic hydroxyl groups is 1. The lowest BCUT2D eigenvalue weighted by Gasteiger charge is -2.38. The molecule has 0 amide bonds. The van der Waals surface area contributed by atoms with Crippen LogP contribution in [-0.2, 0) is 5.41 Å². The maximum atomic E-state index is 10.5. The number of phenolic OH excluding ortho intramolecular Hbond substituents is 1. The highest BCUT2D eigenvalue weighted by atomic mass is 16.5. The van der Waals surface area contributed by atoms with E-state index in [1.54, 1.807) is 7.11 Å². The molecule has 3 heteroatoms. The molecule has 0 saturated heterocycles. The Labute approximate surface area is 115 Å². The largest absolute Gasteiger partial charge is 0.507 e. The third kappa shape index (κ3) is 2.32. The van der Waals surface area contributed by atoms with E-state index in [1.807, 2.05) is 19.9 Å². The van der Waals surface area contributed by atoms with Crippen molar-refractivity contribution in [1.82, 2.24) is 0 Å². The second-order valence-electron chi connectivity index (χ2n) is 5.77. The van der Waals surface area contributed by atoms with Crippen LogP contribution in [0, 0.1) is 13.8 Å². The van der Waals surface area contributed by atoms with Crippen molar-refractivity contribution in [1.29, 1.82) is 0 Å². The standard InChI is InChI=1S/C16H25NO2/c1-11-12(2)15(18)13(9-14(11)19-3)16(10-17)7-5-4-6-8-16/h9,18H,4-8,10,17H2,1-3H3. The summed E-state index contributed by atoms with van der Waals surface area (Å²) in [5, 5.41) is 10.5. The fourth-order valence-corrected chi connectivity index (χ4v) is 3.30. The van der Waals surface area contributed by atoms with Crippen molar-refractivity contribution in [3.8, 4) is 11.5 Å². The zero-order valence-corrected chi connectivity index (χ0v) is 12.3. The minimum Gasteiger partial charge on any atom is -0.507 e. The van der Waals surface area contributed by atoms with Gasteiger partial charge in [-0.15, -0.1) is 0 Å². The Morgan fingerprint density at radius 1 is 1.21 bits per heavy atom. The number of hydrogen-bond acceptors (Lipinski definition) is 3. The Morgan fingerprint density at radius 2 is 1.84 bits per heavy atom. The Kier molecular flexibility index (Phi) is 4.04. The highest BCUT2D eigenvalue weighted by Gasteiger charge is 2.36. The van der Waals surface area contributed by atoms with Gasteiger partial charge in [0, 0.05) is 17.5 Å². The molecule has 0 heterocycles. The minimum atomic E-state index is -0.0753. The first-order valence-electron chi connectivity index (χ1n) is 7.13. The van der Waals surface area contributed by atoms with E-state index in [4.69, 9.17) is 10.5 Å². The van der Waals surface area contributed by atoms with Crippen molar-refractivity contribution >= 4 is 0 Å². The summed E-state index contributed by atoms with van der Waals surface area (Å²) in [6.07, 6.45) is 5.76. The first-order valence-corrected chi connectivity index (χ1v) is 7.13. The number of nitrogens with two attached hydrogens (primary N) is 1. The van der Waals surface area contributed by atoms with Gasteiger partial charge in [-0.3, -0.25) is 0 Å². The molecule has 0 aromatic heterocycles. The van der Waals surface area contributed by atoms with Crippen LogP contribution in [0.2, 0.25) is 0 Å². The van der Waals surface area contributed by atoms with Crippen LogP contribution in [-0.4, -0.2) is 18.8 Å². The third-order valence-corrected chi connectivity index (χ3v) is 4.81. The average Bonchev–Trinajstić information content (AvgIpc) is 2.46. The Hall–Kier alpha value is -1.22. The fraction of sp³-hybridized carbons (Fsp3) is 0.625. The van der Waals surface area contributed by atoms with Crippen LogP contribution in [0.1, 0.15) is 48.8 Å². The molecule has 0 unspecified atom stereocenters. The van der Waals surface area contributed by atoms with Gasteiger partial charge < -0.3 is 15.6 Å². The van der Waals surface area contributed by atoms with E-state index < -0.39 is 0 Å². The van der Waals surface area contributed by atoms with Gasteiger partial charge in [0.25, 0.3) is 0 Å². The topological polar surface area (TPSA) is 55.5 Å².